The van der Waals surface area contributed by atoms with Gasteiger partial charge in [-0.1, -0.05) is 22.5 Å². The van der Waals surface area contributed by atoms with Crippen LogP contribution in [0.25, 0.3) is 11.6 Å². The molecule has 1 aliphatic heterocycles. The van der Waals surface area contributed by atoms with E-state index in [0.717, 1.165) is 11.3 Å². The van der Waals surface area contributed by atoms with E-state index in [2.05, 4.69) is 20.5 Å². The van der Waals surface area contributed by atoms with Crippen molar-refractivity contribution in [3.8, 4) is 11.6 Å². The fraction of sp³-hybridized carbons (Fsp3) is 0.286. The summed E-state index contributed by atoms with van der Waals surface area (Å²) in [5.74, 6) is 0.607. The maximum absolute atomic E-state index is 13.0. The summed E-state index contributed by atoms with van der Waals surface area (Å²) in [5.41, 5.74) is 2.23. The molecule has 0 spiro atoms. The molecule has 1 atom stereocenters. The molecule has 1 aliphatic rings. The average Bonchev–Trinajstić information content (AvgIpc) is 3.13. The zero-order chi connectivity index (χ0) is 15.1. The highest BCUT2D eigenvalue weighted by atomic mass is 19.1. The van der Waals surface area contributed by atoms with Gasteiger partial charge in [0.25, 0.3) is 5.89 Å². The van der Waals surface area contributed by atoms with Crippen molar-refractivity contribution in [3.63, 3.8) is 0 Å². The number of fused-ring (bicyclic) bond motifs is 1. The Morgan fingerprint density at radius 2 is 2.09 bits per heavy atom. The van der Waals surface area contributed by atoms with Crippen LogP contribution < -0.4 is 0 Å². The van der Waals surface area contributed by atoms with Gasteiger partial charge in [-0.15, -0.1) is 5.10 Å². The number of rotatable bonds is 2. The molecule has 3 heterocycles. The van der Waals surface area contributed by atoms with Gasteiger partial charge in [-0.3, -0.25) is 0 Å². The van der Waals surface area contributed by atoms with Gasteiger partial charge in [0.05, 0.1) is 18.8 Å². The van der Waals surface area contributed by atoms with E-state index in [1.165, 1.54) is 12.1 Å². The minimum absolute atomic E-state index is 0.188. The molecule has 0 saturated carbocycles. The number of nitrogens with zero attached hydrogens (tertiary/aromatic N) is 5. The second kappa shape index (κ2) is 4.99. The lowest BCUT2D eigenvalue weighted by molar-refractivity contribution is -0.00120. The third-order valence-electron chi connectivity index (χ3n) is 3.57. The summed E-state index contributed by atoms with van der Waals surface area (Å²) < 4.78 is 25.7. The highest BCUT2D eigenvalue weighted by Gasteiger charge is 2.27. The van der Waals surface area contributed by atoms with Crippen LogP contribution in [0, 0.1) is 12.7 Å². The second-order valence-electron chi connectivity index (χ2n) is 5.06. The summed E-state index contributed by atoms with van der Waals surface area (Å²) in [5, 5.41) is 12.0. The van der Waals surface area contributed by atoms with Crippen LogP contribution in [0.15, 0.2) is 28.8 Å². The number of ether oxygens (including phenoxy) is 1. The van der Waals surface area contributed by atoms with Gasteiger partial charge in [0, 0.05) is 0 Å². The SMILES string of the molecule is Cc1noc(-c2nnn3c2CO[C@@H](c2ccc(F)cc2)C3)n1. The lowest BCUT2D eigenvalue weighted by atomic mass is 10.1. The summed E-state index contributed by atoms with van der Waals surface area (Å²) >= 11 is 0. The normalized spacial score (nSPS) is 17.5. The van der Waals surface area contributed by atoms with Crippen molar-refractivity contribution >= 4 is 0 Å². The molecular weight excluding hydrogens is 289 g/mol. The van der Waals surface area contributed by atoms with E-state index >= 15 is 0 Å². The number of aromatic nitrogens is 5. The van der Waals surface area contributed by atoms with Crippen LogP contribution in [0.2, 0.25) is 0 Å². The zero-order valence-corrected chi connectivity index (χ0v) is 11.7. The molecule has 7 nitrogen and oxygen atoms in total. The fourth-order valence-electron chi connectivity index (χ4n) is 2.45. The largest absolute Gasteiger partial charge is 0.365 e. The van der Waals surface area contributed by atoms with Gasteiger partial charge >= 0.3 is 0 Å². The van der Waals surface area contributed by atoms with E-state index in [0.29, 0.717) is 30.6 Å². The van der Waals surface area contributed by atoms with Crippen LogP contribution >= 0.6 is 0 Å². The number of hydrogen-bond acceptors (Lipinski definition) is 6. The third-order valence-corrected chi connectivity index (χ3v) is 3.57. The Morgan fingerprint density at radius 1 is 1.27 bits per heavy atom. The lowest BCUT2D eigenvalue weighted by Crippen LogP contribution is -2.22. The van der Waals surface area contributed by atoms with Crippen LogP contribution in [0.4, 0.5) is 4.39 Å². The number of hydrogen-bond donors (Lipinski definition) is 0. The standard InChI is InChI=1S/C14H12FN5O2/c1-8-16-14(22-18-8)13-11-7-21-12(6-20(11)19-17-13)9-2-4-10(15)5-3-9/h2-5,12H,6-7H2,1H3/t12-/m1/s1. The van der Waals surface area contributed by atoms with Crippen molar-refractivity contribution in [2.24, 2.45) is 0 Å². The molecule has 1 aromatic carbocycles. The van der Waals surface area contributed by atoms with Gasteiger partial charge in [-0.05, 0) is 24.6 Å². The summed E-state index contributed by atoms with van der Waals surface area (Å²) in [6.07, 6.45) is -0.188. The van der Waals surface area contributed by atoms with Crippen LogP contribution in [0.5, 0.6) is 0 Å². The predicted octanol–water partition coefficient (Wildman–Crippen LogP) is 2.05. The fourth-order valence-corrected chi connectivity index (χ4v) is 2.45. The molecule has 0 unspecified atom stereocenters. The highest BCUT2D eigenvalue weighted by Crippen LogP contribution is 2.30. The molecule has 0 amide bonds. The maximum Gasteiger partial charge on any atom is 0.280 e. The Bertz CT molecular complexity index is 811. The van der Waals surface area contributed by atoms with Crippen LogP contribution in [0.3, 0.4) is 0 Å². The first-order valence-corrected chi connectivity index (χ1v) is 6.81. The van der Waals surface area contributed by atoms with E-state index in [9.17, 15) is 4.39 Å². The van der Waals surface area contributed by atoms with Gasteiger partial charge in [0.2, 0.25) is 0 Å². The molecule has 4 rings (SSSR count). The summed E-state index contributed by atoms with van der Waals surface area (Å²) in [7, 11) is 0. The van der Waals surface area contributed by atoms with Crippen molar-refractivity contribution in [2.75, 3.05) is 0 Å². The number of benzene rings is 1. The van der Waals surface area contributed by atoms with E-state index in [-0.39, 0.29) is 11.9 Å². The first-order chi connectivity index (χ1) is 10.7. The van der Waals surface area contributed by atoms with Gasteiger partial charge in [0.15, 0.2) is 11.5 Å². The molecule has 112 valence electrons. The minimum Gasteiger partial charge on any atom is -0.365 e. The van der Waals surface area contributed by atoms with Crippen LogP contribution in [-0.4, -0.2) is 25.1 Å². The minimum atomic E-state index is -0.268. The first kappa shape index (κ1) is 13.1. The molecule has 2 aromatic heterocycles. The molecule has 0 N–H and O–H groups in total. The molecule has 0 aliphatic carbocycles. The second-order valence-corrected chi connectivity index (χ2v) is 5.06. The Morgan fingerprint density at radius 3 is 2.82 bits per heavy atom. The van der Waals surface area contributed by atoms with Crippen molar-refractivity contribution in [2.45, 2.75) is 26.2 Å². The third kappa shape index (κ3) is 2.17. The molecule has 0 radical (unpaired) electrons. The summed E-state index contributed by atoms with van der Waals surface area (Å²) in [6, 6.07) is 6.26. The first-order valence-electron chi connectivity index (χ1n) is 6.81. The number of aryl methyl sites for hydroxylation is 1. The molecule has 3 aromatic rings. The molecular formula is C14H12FN5O2. The Balaban J connectivity index is 1.62. The Hall–Kier alpha value is -2.61. The highest BCUT2D eigenvalue weighted by molar-refractivity contribution is 5.49. The summed E-state index contributed by atoms with van der Waals surface area (Å²) in [6.45, 7) is 2.57. The van der Waals surface area contributed by atoms with E-state index in [1.807, 2.05) is 0 Å². The zero-order valence-electron chi connectivity index (χ0n) is 11.7. The van der Waals surface area contributed by atoms with Gasteiger partial charge in [-0.25, -0.2) is 9.07 Å². The van der Waals surface area contributed by atoms with Crippen molar-refractivity contribution in [3.05, 3.63) is 47.2 Å². The molecule has 0 bridgehead atoms. The maximum atomic E-state index is 13.0. The summed E-state index contributed by atoms with van der Waals surface area (Å²) in [4.78, 5) is 4.16. The quantitative estimate of drug-likeness (QED) is 0.721. The lowest BCUT2D eigenvalue weighted by Gasteiger charge is -2.24. The average molecular weight is 301 g/mol. The predicted molar refractivity (Wildman–Crippen MR) is 72.0 cm³/mol. The molecule has 8 heteroatoms. The van der Waals surface area contributed by atoms with Gasteiger partial charge in [0.1, 0.15) is 11.9 Å². The van der Waals surface area contributed by atoms with Crippen LogP contribution in [0.1, 0.15) is 23.2 Å². The topological polar surface area (TPSA) is 78.9 Å². The smallest absolute Gasteiger partial charge is 0.280 e. The van der Waals surface area contributed by atoms with Gasteiger partial charge < -0.3 is 9.26 Å². The van der Waals surface area contributed by atoms with Crippen molar-refractivity contribution in [1.29, 1.82) is 0 Å². The Labute approximate surface area is 124 Å². The molecule has 0 fully saturated rings. The van der Waals surface area contributed by atoms with Crippen molar-refractivity contribution < 1.29 is 13.7 Å². The van der Waals surface area contributed by atoms with E-state index in [4.69, 9.17) is 9.26 Å². The van der Waals surface area contributed by atoms with E-state index < -0.39 is 0 Å². The molecule has 0 saturated heterocycles. The van der Waals surface area contributed by atoms with Crippen LogP contribution in [-0.2, 0) is 17.9 Å². The molecule has 22 heavy (non-hydrogen) atoms. The number of halogens is 1. The van der Waals surface area contributed by atoms with Gasteiger partial charge in [-0.2, -0.15) is 4.98 Å². The monoisotopic (exact) mass is 301 g/mol. The van der Waals surface area contributed by atoms with E-state index in [1.54, 1.807) is 23.7 Å². The van der Waals surface area contributed by atoms with Crippen molar-refractivity contribution in [1.82, 2.24) is 25.1 Å². The Kier molecular flexibility index (Phi) is 2.97.